The Morgan fingerprint density at radius 2 is 1.47 bits per heavy atom. The average Bonchev–Trinajstić information content (AvgIpc) is 2.94. The van der Waals surface area contributed by atoms with Crippen molar-refractivity contribution in [3.63, 3.8) is 0 Å². The summed E-state index contributed by atoms with van der Waals surface area (Å²) >= 11 is 1.01. The molecule has 0 fully saturated rings. The van der Waals surface area contributed by atoms with Gasteiger partial charge in [0.2, 0.25) is 0 Å². The summed E-state index contributed by atoms with van der Waals surface area (Å²) in [6, 6.07) is 0. The van der Waals surface area contributed by atoms with Gasteiger partial charge in [-0.1, -0.05) is 11.8 Å². The number of aromatic nitrogens is 4. The third-order valence-electron chi connectivity index (χ3n) is 4.29. The molecule has 0 atom stereocenters. The molecule has 2 heterocycles. The van der Waals surface area contributed by atoms with Gasteiger partial charge in [0.05, 0.1) is 12.8 Å². The zero-order valence-electron chi connectivity index (χ0n) is 16.4. The average molecular weight is 461 g/mol. The number of halogens is 6. The van der Waals surface area contributed by atoms with Gasteiger partial charge in [0, 0.05) is 31.4 Å². The highest BCUT2D eigenvalue weighted by atomic mass is 32.2. The standard InChI is InChI=1S/C16H21F6N5O2S/c1-14(2,8-23)30-12-24-10-9(26(12)6-4-15(17,18)19)11(28)27(13(29)25(10)3)7-5-16(20,21)22/h4-8,23H2,1-3H3. The molecule has 0 aromatic carbocycles. The molecule has 7 nitrogen and oxygen atoms in total. The predicted octanol–water partition coefficient (Wildman–Crippen LogP) is 2.63. The number of hydrogen-bond acceptors (Lipinski definition) is 5. The largest absolute Gasteiger partial charge is 0.390 e. The predicted molar refractivity (Wildman–Crippen MR) is 99.6 cm³/mol. The van der Waals surface area contributed by atoms with Crippen molar-refractivity contribution in [1.29, 1.82) is 0 Å². The summed E-state index contributed by atoms with van der Waals surface area (Å²) in [6.07, 6.45) is -11.9. The van der Waals surface area contributed by atoms with Crippen LogP contribution >= 0.6 is 11.8 Å². The van der Waals surface area contributed by atoms with Crippen LogP contribution in [-0.2, 0) is 20.1 Å². The fraction of sp³-hybridized carbons (Fsp3) is 0.688. The van der Waals surface area contributed by atoms with Crippen molar-refractivity contribution in [2.24, 2.45) is 12.8 Å². The number of thioether (sulfide) groups is 1. The van der Waals surface area contributed by atoms with E-state index in [-0.39, 0.29) is 22.9 Å². The van der Waals surface area contributed by atoms with Crippen molar-refractivity contribution < 1.29 is 26.3 Å². The second-order valence-electron chi connectivity index (χ2n) is 7.31. The minimum Gasteiger partial charge on any atom is -0.329 e. The fourth-order valence-electron chi connectivity index (χ4n) is 2.60. The Labute approximate surface area is 170 Å². The maximum absolute atomic E-state index is 12.8. The maximum Gasteiger partial charge on any atom is 0.390 e. The van der Waals surface area contributed by atoms with Crippen molar-refractivity contribution in [2.75, 3.05) is 6.54 Å². The van der Waals surface area contributed by atoms with Gasteiger partial charge in [-0.3, -0.25) is 13.9 Å². The molecule has 0 aliphatic carbocycles. The van der Waals surface area contributed by atoms with Crippen LogP contribution in [0.1, 0.15) is 26.7 Å². The van der Waals surface area contributed by atoms with Crippen LogP contribution in [-0.4, -0.2) is 42.3 Å². The quantitative estimate of drug-likeness (QED) is 0.506. The number of imidazole rings is 1. The number of fused-ring (bicyclic) bond motifs is 1. The van der Waals surface area contributed by atoms with Crippen LogP contribution in [0.3, 0.4) is 0 Å². The lowest BCUT2D eigenvalue weighted by molar-refractivity contribution is -0.138. The molecule has 2 rings (SSSR count). The summed E-state index contributed by atoms with van der Waals surface area (Å²) in [5.74, 6) is 0. The Bertz CT molecular complexity index is 1030. The number of alkyl halides is 6. The van der Waals surface area contributed by atoms with E-state index in [1.807, 2.05) is 0 Å². The number of nitrogens with zero attached hydrogens (tertiary/aromatic N) is 4. The molecule has 2 N–H and O–H groups in total. The molecule has 0 spiro atoms. The fourth-order valence-corrected chi connectivity index (χ4v) is 3.60. The number of aryl methyl sites for hydroxylation is 2. The lowest BCUT2D eigenvalue weighted by atomic mass is 10.2. The second kappa shape index (κ2) is 8.29. The zero-order chi connectivity index (χ0) is 23.1. The summed E-state index contributed by atoms with van der Waals surface area (Å²) < 4.78 is 77.9. The molecule has 30 heavy (non-hydrogen) atoms. The van der Waals surface area contributed by atoms with E-state index in [4.69, 9.17) is 5.73 Å². The molecule has 0 saturated carbocycles. The Morgan fingerprint density at radius 3 is 1.93 bits per heavy atom. The molecular formula is C16H21F6N5O2S. The highest BCUT2D eigenvalue weighted by Crippen LogP contribution is 2.33. The molecule has 0 bridgehead atoms. The summed E-state index contributed by atoms with van der Waals surface area (Å²) in [4.78, 5) is 29.4. The summed E-state index contributed by atoms with van der Waals surface area (Å²) in [5, 5.41) is 0.0189. The first-order chi connectivity index (χ1) is 13.6. The normalized spacial score (nSPS) is 13.4. The zero-order valence-corrected chi connectivity index (χ0v) is 17.2. The monoisotopic (exact) mass is 461 g/mol. The smallest absolute Gasteiger partial charge is 0.329 e. The number of hydrogen-bond donors (Lipinski definition) is 1. The Morgan fingerprint density at radius 1 is 0.967 bits per heavy atom. The van der Waals surface area contributed by atoms with E-state index in [1.54, 1.807) is 13.8 Å². The van der Waals surface area contributed by atoms with E-state index >= 15 is 0 Å². The van der Waals surface area contributed by atoms with E-state index in [9.17, 15) is 35.9 Å². The molecule has 0 aliphatic heterocycles. The minimum atomic E-state index is -4.62. The summed E-state index contributed by atoms with van der Waals surface area (Å²) in [6.45, 7) is 1.92. The SMILES string of the molecule is Cn1c(=O)n(CCC(F)(F)F)c(=O)c2c1nc(SC(C)(C)CN)n2CCC(F)(F)F. The van der Waals surface area contributed by atoms with Crippen molar-refractivity contribution in [3.8, 4) is 0 Å². The van der Waals surface area contributed by atoms with E-state index in [2.05, 4.69) is 4.98 Å². The third-order valence-corrected chi connectivity index (χ3v) is 5.51. The molecule has 0 radical (unpaired) electrons. The maximum atomic E-state index is 12.8. The van der Waals surface area contributed by atoms with Gasteiger partial charge in [0.15, 0.2) is 16.3 Å². The van der Waals surface area contributed by atoms with Crippen LogP contribution < -0.4 is 17.0 Å². The van der Waals surface area contributed by atoms with E-state index < -0.39 is 54.3 Å². The lowest BCUT2D eigenvalue weighted by Gasteiger charge is -2.21. The first kappa shape index (κ1) is 24.3. The number of rotatable bonds is 7. The van der Waals surface area contributed by atoms with Gasteiger partial charge in [-0.05, 0) is 13.8 Å². The van der Waals surface area contributed by atoms with Crippen LogP contribution in [0.5, 0.6) is 0 Å². The van der Waals surface area contributed by atoms with Crippen LogP contribution in [0.4, 0.5) is 26.3 Å². The molecule has 0 amide bonds. The van der Waals surface area contributed by atoms with Crippen LogP contribution in [0.2, 0.25) is 0 Å². The Kier molecular flexibility index (Phi) is 6.71. The molecule has 170 valence electrons. The molecule has 2 aromatic rings. The molecular weight excluding hydrogens is 440 g/mol. The van der Waals surface area contributed by atoms with Gasteiger partial charge in [-0.25, -0.2) is 9.78 Å². The van der Waals surface area contributed by atoms with Crippen LogP contribution in [0, 0.1) is 0 Å². The Balaban J connectivity index is 2.73. The molecule has 0 unspecified atom stereocenters. The number of nitrogens with two attached hydrogens (primary N) is 1. The van der Waals surface area contributed by atoms with E-state index in [1.165, 1.54) is 7.05 Å². The third kappa shape index (κ3) is 5.59. The van der Waals surface area contributed by atoms with Crippen molar-refractivity contribution in [2.45, 2.75) is 62.0 Å². The van der Waals surface area contributed by atoms with Crippen molar-refractivity contribution >= 4 is 22.9 Å². The van der Waals surface area contributed by atoms with Gasteiger partial charge in [-0.2, -0.15) is 26.3 Å². The van der Waals surface area contributed by atoms with Crippen molar-refractivity contribution in [1.82, 2.24) is 18.7 Å². The summed E-state index contributed by atoms with van der Waals surface area (Å²) in [5.41, 5.74) is 2.94. The second-order valence-corrected chi connectivity index (χ2v) is 8.99. The first-order valence-electron chi connectivity index (χ1n) is 8.79. The van der Waals surface area contributed by atoms with E-state index in [0.29, 0.717) is 4.57 Å². The van der Waals surface area contributed by atoms with Gasteiger partial charge >= 0.3 is 18.0 Å². The van der Waals surface area contributed by atoms with Crippen LogP contribution in [0.25, 0.3) is 11.2 Å². The molecule has 2 aromatic heterocycles. The van der Waals surface area contributed by atoms with E-state index in [0.717, 1.165) is 20.9 Å². The van der Waals surface area contributed by atoms with Gasteiger partial charge in [0.25, 0.3) is 5.56 Å². The van der Waals surface area contributed by atoms with Crippen molar-refractivity contribution in [3.05, 3.63) is 20.8 Å². The van der Waals surface area contributed by atoms with Crippen LogP contribution in [0.15, 0.2) is 14.7 Å². The van der Waals surface area contributed by atoms with Gasteiger partial charge in [-0.15, -0.1) is 0 Å². The highest BCUT2D eigenvalue weighted by Gasteiger charge is 2.32. The minimum absolute atomic E-state index is 0.0189. The van der Waals surface area contributed by atoms with Gasteiger partial charge in [0.1, 0.15) is 0 Å². The highest BCUT2D eigenvalue weighted by molar-refractivity contribution is 8.00. The molecule has 0 aliphatic rings. The summed E-state index contributed by atoms with van der Waals surface area (Å²) in [7, 11) is 1.19. The molecule has 14 heteroatoms. The lowest BCUT2D eigenvalue weighted by Crippen LogP contribution is -2.40. The molecule has 0 saturated heterocycles. The van der Waals surface area contributed by atoms with Gasteiger partial charge < -0.3 is 10.3 Å². The Hall–Kier alpha value is -1.96. The first-order valence-corrected chi connectivity index (χ1v) is 9.60. The topological polar surface area (TPSA) is 87.8 Å².